The Morgan fingerprint density at radius 3 is 2.55 bits per heavy atom. The molecule has 2 heterocycles. The van der Waals surface area contributed by atoms with Crippen LogP contribution in [0.2, 0.25) is 0 Å². The molecule has 3 N–H and O–H groups in total. The van der Waals surface area contributed by atoms with Crippen LogP contribution in [0.4, 0.5) is 20.5 Å². The van der Waals surface area contributed by atoms with Crippen LogP contribution in [0.25, 0.3) is 0 Å². The molecule has 1 amide bonds. The second-order valence-electron chi connectivity index (χ2n) is 6.68. The smallest absolute Gasteiger partial charge is 0.224 e. The van der Waals surface area contributed by atoms with Gasteiger partial charge in [0.15, 0.2) is 11.6 Å². The summed E-state index contributed by atoms with van der Waals surface area (Å²) in [5, 5.41) is 3.12. The average Bonchev–Trinajstić information content (AvgIpc) is 2.70. The highest BCUT2D eigenvalue weighted by Gasteiger charge is 2.26. The fourth-order valence-electron chi connectivity index (χ4n) is 3.21. The lowest BCUT2D eigenvalue weighted by atomic mass is 10.0. The van der Waals surface area contributed by atoms with Crippen molar-refractivity contribution in [2.45, 2.75) is 25.8 Å². The predicted molar refractivity (Wildman–Crippen MR) is 102 cm³/mol. The molecule has 0 bridgehead atoms. The zero-order valence-electron chi connectivity index (χ0n) is 16.0. The Morgan fingerprint density at radius 1 is 1.28 bits per heavy atom. The lowest BCUT2D eigenvalue weighted by molar-refractivity contribution is -0.129. The molecule has 1 aliphatic heterocycles. The van der Waals surface area contributed by atoms with Gasteiger partial charge >= 0.3 is 0 Å². The molecular formula is C19H21F2N5O3. The molecule has 3 rings (SSSR count). The van der Waals surface area contributed by atoms with Gasteiger partial charge in [-0.05, 0) is 25.0 Å². The van der Waals surface area contributed by atoms with E-state index in [9.17, 15) is 18.4 Å². The van der Waals surface area contributed by atoms with Crippen molar-refractivity contribution in [1.29, 1.82) is 0 Å². The van der Waals surface area contributed by atoms with Crippen molar-refractivity contribution in [1.82, 2.24) is 14.9 Å². The molecule has 0 radical (unpaired) electrons. The number of hydrogen-bond donors (Lipinski definition) is 2. The number of hydrogen-bond acceptors (Lipinski definition) is 7. The summed E-state index contributed by atoms with van der Waals surface area (Å²) < 4.78 is 32.8. The Balaban J connectivity index is 1.78. The molecule has 0 atom stereocenters. The van der Waals surface area contributed by atoms with Crippen LogP contribution in [0.3, 0.4) is 0 Å². The zero-order valence-corrected chi connectivity index (χ0v) is 16.0. The fourth-order valence-corrected chi connectivity index (χ4v) is 3.21. The van der Waals surface area contributed by atoms with Gasteiger partial charge in [-0.15, -0.1) is 0 Å². The number of carbonyl (C=O) groups is 2. The molecule has 1 saturated heterocycles. The number of amides is 1. The predicted octanol–water partition coefficient (Wildman–Crippen LogP) is 2.00. The first kappa shape index (κ1) is 20.4. The number of nitrogen functional groups attached to an aromatic ring is 1. The van der Waals surface area contributed by atoms with Crippen LogP contribution in [-0.4, -0.2) is 52.8 Å². The number of piperidine rings is 1. The van der Waals surface area contributed by atoms with Crippen LogP contribution in [0.15, 0.2) is 18.3 Å². The van der Waals surface area contributed by atoms with E-state index >= 15 is 0 Å². The summed E-state index contributed by atoms with van der Waals surface area (Å²) in [5.41, 5.74) is 5.15. The molecule has 8 nitrogen and oxygen atoms in total. The van der Waals surface area contributed by atoms with Gasteiger partial charge in [0.25, 0.3) is 0 Å². The van der Waals surface area contributed by atoms with E-state index < -0.39 is 23.0 Å². The Bertz CT molecular complexity index is 946. The van der Waals surface area contributed by atoms with Gasteiger partial charge in [0, 0.05) is 32.3 Å². The third-order valence-electron chi connectivity index (χ3n) is 4.84. The molecule has 2 aromatic rings. The second kappa shape index (κ2) is 8.38. The van der Waals surface area contributed by atoms with Crippen molar-refractivity contribution in [2.75, 3.05) is 31.2 Å². The Hall–Kier alpha value is -3.30. The van der Waals surface area contributed by atoms with E-state index in [0.717, 1.165) is 25.0 Å². The van der Waals surface area contributed by atoms with Gasteiger partial charge in [0.1, 0.15) is 17.1 Å². The minimum absolute atomic E-state index is 0.0341. The molecule has 1 fully saturated rings. The largest absolute Gasteiger partial charge is 0.496 e. The highest BCUT2D eigenvalue weighted by atomic mass is 19.2. The number of carbonyl (C=O) groups excluding carboxylic acids is 2. The number of benzene rings is 1. The highest BCUT2D eigenvalue weighted by Crippen LogP contribution is 2.28. The maximum absolute atomic E-state index is 14.2. The monoisotopic (exact) mass is 405 g/mol. The summed E-state index contributed by atoms with van der Waals surface area (Å²) in [7, 11) is 1.24. The zero-order chi connectivity index (χ0) is 21.1. The van der Waals surface area contributed by atoms with E-state index in [-0.39, 0.29) is 35.0 Å². The Morgan fingerprint density at radius 2 is 1.97 bits per heavy atom. The van der Waals surface area contributed by atoms with Crippen molar-refractivity contribution >= 4 is 23.5 Å². The fraction of sp³-hybridized carbons (Fsp3) is 0.368. The normalized spacial score (nSPS) is 14.6. The third-order valence-corrected chi connectivity index (χ3v) is 4.84. The van der Waals surface area contributed by atoms with Crippen molar-refractivity contribution < 1.29 is 23.1 Å². The number of ketones is 1. The van der Waals surface area contributed by atoms with Crippen LogP contribution in [0, 0.1) is 11.6 Å². The van der Waals surface area contributed by atoms with E-state index in [1.807, 2.05) is 0 Å². The SMILES string of the molecule is COc1ccc(F)c(F)c1C(=O)c1cnc(NC2CCN(C(C)=O)CC2)nc1N. The van der Waals surface area contributed by atoms with Gasteiger partial charge in [0.2, 0.25) is 17.6 Å². The van der Waals surface area contributed by atoms with E-state index in [1.165, 1.54) is 20.2 Å². The molecule has 0 aliphatic carbocycles. The van der Waals surface area contributed by atoms with Crippen LogP contribution < -0.4 is 15.8 Å². The summed E-state index contributed by atoms with van der Waals surface area (Å²) in [6.07, 6.45) is 2.60. The maximum Gasteiger partial charge on any atom is 0.224 e. The first-order valence-electron chi connectivity index (χ1n) is 9.03. The van der Waals surface area contributed by atoms with Gasteiger partial charge in [-0.3, -0.25) is 9.59 Å². The van der Waals surface area contributed by atoms with E-state index in [2.05, 4.69) is 15.3 Å². The van der Waals surface area contributed by atoms with Crippen molar-refractivity contribution in [3.8, 4) is 5.75 Å². The summed E-state index contributed by atoms with van der Waals surface area (Å²) in [6.45, 7) is 2.78. The first-order chi connectivity index (χ1) is 13.8. The van der Waals surface area contributed by atoms with Crippen molar-refractivity contribution in [2.24, 2.45) is 0 Å². The van der Waals surface area contributed by atoms with Gasteiger partial charge in [-0.25, -0.2) is 13.8 Å². The molecule has 29 heavy (non-hydrogen) atoms. The van der Waals surface area contributed by atoms with Gasteiger partial charge in [-0.1, -0.05) is 0 Å². The molecule has 1 aromatic heterocycles. The lowest BCUT2D eigenvalue weighted by Gasteiger charge is -2.31. The number of rotatable bonds is 5. The molecule has 0 spiro atoms. The lowest BCUT2D eigenvalue weighted by Crippen LogP contribution is -2.41. The average molecular weight is 405 g/mol. The number of nitrogens with two attached hydrogens (primary N) is 1. The minimum atomic E-state index is -1.33. The number of nitrogens with zero attached hydrogens (tertiary/aromatic N) is 3. The molecule has 1 aromatic carbocycles. The van der Waals surface area contributed by atoms with Crippen LogP contribution in [0.1, 0.15) is 35.7 Å². The van der Waals surface area contributed by atoms with Crippen molar-refractivity contribution in [3.05, 3.63) is 41.1 Å². The molecular weight excluding hydrogens is 384 g/mol. The molecule has 1 aliphatic rings. The van der Waals surface area contributed by atoms with Crippen molar-refractivity contribution in [3.63, 3.8) is 0 Å². The third kappa shape index (κ3) is 4.25. The van der Waals surface area contributed by atoms with E-state index in [4.69, 9.17) is 10.5 Å². The van der Waals surface area contributed by atoms with Crippen LogP contribution >= 0.6 is 0 Å². The second-order valence-corrected chi connectivity index (χ2v) is 6.68. The highest BCUT2D eigenvalue weighted by molar-refractivity contribution is 6.13. The number of aromatic nitrogens is 2. The molecule has 154 valence electrons. The summed E-state index contributed by atoms with van der Waals surface area (Å²) in [4.78, 5) is 34.0. The Labute approximate surface area is 166 Å². The molecule has 0 unspecified atom stereocenters. The quantitative estimate of drug-likeness (QED) is 0.732. The number of anilines is 2. The summed E-state index contributed by atoms with van der Waals surface area (Å²) >= 11 is 0. The topological polar surface area (TPSA) is 110 Å². The van der Waals surface area contributed by atoms with Gasteiger partial charge < -0.3 is 20.7 Å². The first-order valence-corrected chi connectivity index (χ1v) is 9.03. The van der Waals surface area contributed by atoms with E-state index in [1.54, 1.807) is 4.90 Å². The minimum Gasteiger partial charge on any atom is -0.496 e. The number of halogens is 2. The molecule has 10 heteroatoms. The van der Waals surface area contributed by atoms with Crippen LogP contribution in [-0.2, 0) is 4.79 Å². The maximum atomic E-state index is 14.2. The van der Waals surface area contributed by atoms with Gasteiger partial charge in [0.05, 0.1) is 12.7 Å². The number of methoxy groups -OCH3 is 1. The van der Waals surface area contributed by atoms with E-state index in [0.29, 0.717) is 13.1 Å². The number of likely N-dealkylation sites (tertiary alicyclic amines) is 1. The summed E-state index contributed by atoms with van der Waals surface area (Å²) in [6, 6.07) is 2.08. The number of nitrogens with one attached hydrogen (secondary N) is 1. The number of ether oxygens (including phenoxy) is 1. The molecule has 0 saturated carbocycles. The van der Waals surface area contributed by atoms with Crippen LogP contribution in [0.5, 0.6) is 5.75 Å². The summed E-state index contributed by atoms with van der Waals surface area (Å²) in [5.74, 6) is -3.42. The van der Waals surface area contributed by atoms with Gasteiger partial charge in [-0.2, -0.15) is 4.98 Å². The standard InChI is InChI=1S/C19H21F2N5O3/c1-10(27)26-7-5-11(6-8-26)24-19-23-9-12(18(22)25-19)17(28)15-14(29-2)4-3-13(20)16(15)21/h3-4,9,11H,5-8H2,1-2H3,(H3,22,23,24,25). The Kier molecular flexibility index (Phi) is 5.90.